The first-order chi connectivity index (χ1) is 5.70. The van der Waals surface area contributed by atoms with Crippen molar-refractivity contribution in [1.82, 2.24) is 4.98 Å². The zero-order chi connectivity index (χ0) is 8.97. The van der Waals surface area contributed by atoms with Gasteiger partial charge in [0.05, 0.1) is 6.61 Å². The molecule has 1 rings (SSSR count). The molecule has 0 spiro atoms. The quantitative estimate of drug-likeness (QED) is 0.723. The fraction of sp³-hybridized carbons (Fsp3) is 0.444. The average Bonchev–Trinajstić information content (AvgIpc) is 2.03. The smallest absolute Gasteiger partial charge is 0.232 e. The van der Waals surface area contributed by atoms with E-state index in [9.17, 15) is 0 Å². The van der Waals surface area contributed by atoms with Gasteiger partial charge in [-0.05, 0) is 18.1 Å². The first kappa shape index (κ1) is 9.33. The molecule has 0 fully saturated rings. The van der Waals surface area contributed by atoms with Gasteiger partial charge in [-0.3, -0.25) is 0 Å². The summed E-state index contributed by atoms with van der Waals surface area (Å²) in [6.45, 7) is 4.81. The van der Waals surface area contributed by atoms with Crippen LogP contribution in [0, 0.1) is 5.92 Å². The monoisotopic (exact) mass is 185 g/mol. The van der Waals surface area contributed by atoms with Crippen molar-refractivity contribution in [3.63, 3.8) is 0 Å². The van der Waals surface area contributed by atoms with Crippen molar-refractivity contribution in [2.24, 2.45) is 5.92 Å². The molecule has 2 nitrogen and oxygen atoms in total. The van der Waals surface area contributed by atoms with E-state index < -0.39 is 0 Å². The number of pyridine rings is 1. The van der Waals surface area contributed by atoms with Crippen LogP contribution in [0.2, 0.25) is 5.02 Å². The van der Waals surface area contributed by atoms with Gasteiger partial charge < -0.3 is 4.74 Å². The summed E-state index contributed by atoms with van der Waals surface area (Å²) in [6.07, 6.45) is 1.67. The van der Waals surface area contributed by atoms with Gasteiger partial charge in [0.15, 0.2) is 0 Å². The highest BCUT2D eigenvalue weighted by Gasteiger charge is 2.01. The molecule has 0 unspecified atom stereocenters. The first-order valence-electron chi connectivity index (χ1n) is 3.93. The molecule has 0 aliphatic heterocycles. The standard InChI is InChI=1S/C9H12ClNO/c1-7(2)6-12-9-8(10)4-3-5-11-9/h3-5,7H,6H2,1-2H3. The second kappa shape index (κ2) is 4.31. The van der Waals surface area contributed by atoms with Gasteiger partial charge in [0.1, 0.15) is 5.02 Å². The fourth-order valence-corrected chi connectivity index (χ4v) is 0.899. The van der Waals surface area contributed by atoms with Crippen molar-refractivity contribution >= 4 is 11.6 Å². The fourth-order valence-electron chi connectivity index (χ4n) is 0.723. The molecule has 0 aliphatic rings. The van der Waals surface area contributed by atoms with Crippen LogP contribution in [0.5, 0.6) is 5.88 Å². The maximum absolute atomic E-state index is 5.82. The molecule has 0 aliphatic carbocycles. The number of hydrogen-bond donors (Lipinski definition) is 0. The number of nitrogens with zero attached hydrogens (tertiary/aromatic N) is 1. The van der Waals surface area contributed by atoms with Crippen molar-refractivity contribution in [1.29, 1.82) is 0 Å². The van der Waals surface area contributed by atoms with E-state index in [0.717, 1.165) is 0 Å². The van der Waals surface area contributed by atoms with Crippen LogP contribution in [0.3, 0.4) is 0 Å². The summed E-state index contributed by atoms with van der Waals surface area (Å²) in [5.41, 5.74) is 0. The second-order valence-electron chi connectivity index (χ2n) is 3.00. The molecule has 0 N–H and O–H groups in total. The van der Waals surface area contributed by atoms with Gasteiger partial charge in [0, 0.05) is 6.20 Å². The maximum Gasteiger partial charge on any atom is 0.232 e. The lowest BCUT2D eigenvalue weighted by Gasteiger charge is -2.07. The maximum atomic E-state index is 5.82. The van der Waals surface area contributed by atoms with Gasteiger partial charge in [-0.1, -0.05) is 25.4 Å². The van der Waals surface area contributed by atoms with Crippen molar-refractivity contribution < 1.29 is 4.74 Å². The molecular formula is C9H12ClNO. The number of aromatic nitrogens is 1. The topological polar surface area (TPSA) is 22.1 Å². The predicted octanol–water partition coefficient (Wildman–Crippen LogP) is 2.77. The van der Waals surface area contributed by atoms with E-state index in [0.29, 0.717) is 23.4 Å². The highest BCUT2D eigenvalue weighted by molar-refractivity contribution is 6.31. The molecule has 3 heteroatoms. The summed E-state index contributed by atoms with van der Waals surface area (Å²) < 4.78 is 5.36. The van der Waals surface area contributed by atoms with Gasteiger partial charge in [0.2, 0.25) is 5.88 Å². The van der Waals surface area contributed by atoms with Crippen molar-refractivity contribution in [3.8, 4) is 5.88 Å². The van der Waals surface area contributed by atoms with Crippen LogP contribution >= 0.6 is 11.6 Å². The minimum absolute atomic E-state index is 0.489. The number of ether oxygens (including phenoxy) is 1. The molecule has 1 heterocycles. The summed E-state index contributed by atoms with van der Waals surface area (Å²) in [6, 6.07) is 3.55. The van der Waals surface area contributed by atoms with E-state index in [1.165, 1.54) is 0 Å². The Morgan fingerprint density at radius 3 is 2.92 bits per heavy atom. The minimum Gasteiger partial charge on any atom is -0.476 e. The van der Waals surface area contributed by atoms with E-state index in [1.54, 1.807) is 18.3 Å². The summed E-state index contributed by atoms with van der Waals surface area (Å²) in [7, 11) is 0. The Labute approximate surface area is 77.5 Å². The largest absolute Gasteiger partial charge is 0.476 e. The van der Waals surface area contributed by atoms with Crippen molar-refractivity contribution in [2.45, 2.75) is 13.8 Å². The summed E-state index contributed by atoms with van der Waals surface area (Å²) in [5, 5.41) is 0.568. The van der Waals surface area contributed by atoms with Crippen LogP contribution in [0.4, 0.5) is 0 Å². The lowest BCUT2D eigenvalue weighted by Crippen LogP contribution is -2.05. The third kappa shape index (κ3) is 2.70. The molecule has 0 saturated heterocycles. The van der Waals surface area contributed by atoms with E-state index in [-0.39, 0.29) is 0 Å². The first-order valence-corrected chi connectivity index (χ1v) is 4.31. The number of rotatable bonds is 3. The van der Waals surface area contributed by atoms with E-state index in [1.807, 2.05) is 0 Å². The molecule has 0 saturated carbocycles. The zero-order valence-corrected chi connectivity index (χ0v) is 8.01. The van der Waals surface area contributed by atoms with Crippen LogP contribution in [-0.2, 0) is 0 Å². The Balaban J connectivity index is 2.57. The van der Waals surface area contributed by atoms with Gasteiger partial charge in [0.25, 0.3) is 0 Å². The van der Waals surface area contributed by atoms with Crippen LogP contribution in [0.1, 0.15) is 13.8 Å². The highest BCUT2D eigenvalue weighted by Crippen LogP contribution is 2.20. The molecule has 0 aromatic carbocycles. The molecule has 66 valence electrons. The molecular weight excluding hydrogens is 174 g/mol. The van der Waals surface area contributed by atoms with Crippen molar-refractivity contribution in [2.75, 3.05) is 6.61 Å². The lowest BCUT2D eigenvalue weighted by atomic mass is 10.2. The number of halogens is 1. The Hall–Kier alpha value is -0.760. The molecule has 12 heavy (non-hydrogen) atoms. The average molecular weight is 186 g/mol. The normalized spacial score (nSPS) is 10.3. The Morgan fingerprint density at radius 2 is 2.33 bits per heavy atom. The van der Waals surface area contributed by atoms with Gasteiger partial charge in [-0.2, -0.15) is 0 Å². The van der Waals surface area contributed by atoms with Gasteiger partial charge >= 0.3 is 0 Å². The molecule has 0 atom stereocenters. The summed E-state index contributed by atoms with van der Waals surface area (Å²) in [4.78, 5) is 4.00. The van der Waals surface area contributed by atoms with E-state index >= 15 is 0 Å². The predicted molar refractivity (Wildman–Crippen MR) is 49.6 cm³/mol. The Kier molecular flexibility index (Phi) is 3.35. The SMILES string of the molecule is CC(C)COc1ncccc1Cl. The van der Waals surface area contributed by atoms with Gasteiger partial charge in [-0.25, -0.2) is 4.98 Å². The molecule has 1 aromatic rings. The molecule has 0 bridgehead atoms. The lowest BCUT2D eigenvalue weighted by molar-refractivity contribution is 0.261. The molecule has 1 aromatic heterocycles. The van der Waals surface area contributed by atoms with Crippen LogP contribution in [0.25, 0.3) is 0 Å². The Morgan fingerprint density at radius 1 is 1.58 bits per heavy atom. The van der Waals surface area contributed by atoms with Crippen molar-refractivity contribution in [3.05, 3.63) is 23.4 Å². The summed E-state index contributed by atoms with van der Waals surface area (Å²) >= 11 is 5.82. The second-order valence-corrected chi connectivity index (χ2v) is 3.40. The third-order valence-corrected chi connectivity index (χ3v) is 1.57. The molecule has 0 amide bonds. The third-order valence-electron chi connectivity index (χ3n) is 1.28. The highest BCUT2D eigenvalue weighted by atomic mass is 35.5. The molecule has 0 radical (unpaired) electrons. The van der Waals surface area contributed by atoms with Crippen LogP contribution < -0.4 is 4.74 Å². The number of hydrogen-bond acceptors (Lipinski definition) is 2. The van der Waals surface area contributed by atoms with Crippen LogP contribution in [-0.4, -0.2) is 11.6 Å². The van der Waals surface area contributed by atoms with E-state index in [2.05, 4.69) is 18.8 Å². The van der Waals surface area contributed by atoms with E-state index in [4.69, 9.17) is 16.3 Å². The minimum atomic E-state index is 0.489. The van der Waals surface area contributed by atoms with Crippen LogP contribution in [0.15, 0.2) is 18.3 Å². The van der Waals surface area contributed by atoms with Gasteiger partial charge in [-0.15, -0.1) is 0 Å². The zero-order valence-electron chi connectivity index (χ0n) is 7.25. The summed E-state index contributed by atoms with van der Waals surface area (Å²) in [5.74, 6) is 1.01. The Bertz CT molecular complexity index is 250.